The van der Waals surface area contributed by atoms with Gasteiger partial charge >= 0.3 is 0 Å². The standard InChI is InChI=1S/C12H16F2N2O3/c1-8-5-6-15-9(11(17)16(3)18-4)10(8)19-7-12(2,13)14/h5-6H,7H2,1-4H3. The predicted octanol–water partition coefficient (Wildman–Crippen LogP) is 2.06. The summed E-state index contributed by atoms with van der Waals surface area (Å²) in [5, 5.41) is 0.943. The molecule has 1 aromatic heterocycles. The average molecular weight is 274 g/mol. The first-order valence-electron chi connectivity index (χ1n) is 5.54. The van der Waals surface area contributed by atoms with Crippen LogP contribution in [0.25, 0.3) is 0 Å². The highest BCUT2D eigenvalue weighted by atomic mass is 19.3. The zero-order valence-corrected chi connectivity index (χ0v) is 11.2. The van der Waals surface area contributed by atoms with Crippen molar-refractivity contribution in [3.8, 4) is 5.75 Å². The molecule has 0 unspecified atom stereocenters. The molecule has 0 atom stereocenters. The second-order valence-electron chi connectivity index (χ2n) is 4.15. The number of aromatic nitrogens is 1. The minimum absolute atomic E-state index is 0.0397. The molecule has 0 bridgehead atoms. The first kappa shape index (κ1) is 15.3. The molecule has 0 aliphatic carbocycles. The maximum Gasteiger partial charge on any atom is 0.299 e. The fourth-order valence-electron chi connectivity index (χ4n) is 1.31. The molecule has 0 N–H and O–H groups in total. The lowest BCUT2D eigenvalue weighted by Gasteiger charge is -2.18. The number of carbonyl (C=O) groups excluding carboxylic acids is 1. The van der Waals surface area contributed by atoms with Gasteiger partial charge in [0.25, 0.3) is 11.8 Å². The van der Waals surface area contributed by atoms with E-state index in [1.165, 1.54) is 20.4 Å². The molecule has 19 heavy (non-hydrogen) atoms. The molecule has 1 aromatic rings. The average Bonchev–Trinajstić information content (AvgIpc) is 2.34. The Kier molecular flexibility index (Phi) is 4.77. The SMILES string of the molecule is CON(C)C(=O)c1nccc(C)c1OCC(C)(F)F. The fourth-order valence-corrected chi connectivity index (χ4v) is 1.31. The van der Waals surface area contributed by atoms with Gasteiger partial charge in [-0.3, -0.25) is 9.63 Å². The molecule has 0 fully saturated rings. The van der Waals surface area contributed by atoms with E-state index in [0.717, 1.165) is 12.0 Å². The first-order valence-corrected chi connectivity index (χ1v) is 5.54. The second kappa shape index (κ2) is 5.92. The summed E-state index contributed by atoms with van der Waals surface area (Å²) in [6.07, 6.45) is 1.41. The molecule has 1 rings (SSSR count). The number of pyridine rings is 1. The van der Waals surface area contributed by atoms with Crippen molar-refractivity contribution in [2.24, 2.45) is 0 Å². The van der Waals surface area contributed by atoms with Crippen molar-refractivity contribution in [3.63, 3.8) is 0 Å². The van der Waals surface area contributed by atoms with Gasteiger partial charge in [-0.25, -0.2) is 18.8 Å². The Morgan fingerprint density at radius 1 is 1.53 bits per heavy atom. The van der Waals surface area contributed by atoms with E-state index in [2.05, 4.69) is 4.98 Å². The number of rotatable bonds is 5. The molecule has 7 heteroatoms. The number of aryl methyl sites for hydroxylation is 1. The molecule has 0 aliphatic rings. The van der Waals surface area contributed by atoms with Gasteiger partial charge in [0.1, 0.15) is 0 Å². The van der Waals surface area contributed by atoms with Gasteiger partial charge in [-0.05, 0) is 18.6 Å². The van der Waals surface area contributed by atoms with E-state index in [1.807, 2.05) is 0 Å². The van der Waals surface area contributed by atoms with Crippen LogP contribution >= 0.6 is 0 Å². The number of ether oxygens (including phenoxy) is 1. The summed E-state index contributed by atoms with van der Waals surface area (Å²) in [5.74, 6) is -3.52. The topological polar surface area (TPSA) is 51.7 Å². The van der Waals surface area contributed by atoms with Gasteiger partial charge < -0.3 is 4.74 Å². The third-order valence-corrected chi connectivity index (χ3v) is 2.33. The Bertz CT molecular complexity index is 461. The number of amides is 1. The first-order chi connectivity index (χ1) is 8.76. The molecule has 1 amide bonds. The highest BCUT2D eigenvalue weighted by Crippen LogP contribution is 2.24. The highest BCUT2D eigenvalue weighted by Gasteiger charge is 2.26. The van der Waals surface area contributed by atoms with E-state index in [0.29, 0.717) is 5.56 Å². The third kappa shape index (κ3) is 4.13. The van der Waals surface area contributed by atoms with E-state index >= 15 is 0 Å². The number of hydroxylamine groups is 2. The van der Waals surface area contributed by atoms with Gasteiger partial charge in [0.15, 0.2) is 18.1 Å². The van der Waals surface area contributed by atoms with Crippen molar-refractivity contribution in [1.82, 2.24) is 10.0 Å². The van der Waals surface area contributed by atoms with Crippen molar-refractivity contribution in [2.75, 3.05) is 20.8 Å². The van der Waals surface area contributed by atoms with Crippen LogP contribution < -0.4 is 4.74 Å². The van der Waals surface area contributed by atoms with E-state index in [1.54, 1.807) is 13.0 Å². The number of carbonyl (C=O) groups is 1. The largest absolute Gasteiger partial charge is 0.485 e. The van der Waals surface area contributed by atoms with Crippen molar-refractivity contribution < 1.29 is 23.1 Å². The van der Waals surface area contributed by atoms with Gasteiger partial charge in [-0.15, -0.1) is 0 Å². The van der Waals surface area contributed by atoms with Gasteiger partial charge in [0.05, 0.1) is 7.11 Å². The van der Waals surface area contributed by atoms with Gasteiger partial charge in [0, 0.05) is 20.2 Å². The van der Waals surface area contributed by atoms with Gasteiger partial charge in [-0.2, -0.15) is 0 Å². The molecule has 5 nitrogen and oxygen atoms in total. The summed E-state index contributed by atoms with van der Waals surface area (Å²) in [6, 6.07) is 1.58. The molecular weight excluding hydrogens is 258 g/mol. The monoisotopic (exact) mass is 274 g/mol. The summed E-state index contributed by atoms with van der Waals surface area (Å²) >= 11 is 0. The maximum atomic E-state index is 12.8. The van der Waals surface area contributed by atoms with Crippen LogP contribution in [0.1, 0.15) is 23.0 Å². The van der Waals surface area contributed by atoms with Crippen LogP contribution in [0.4, 0.5) is 8.78 Å². The Morgan fingerprint density at radius 3 is 2.68 bits per heavy atom. The Hall–Kier alpha value is -1.76. The van der Waals surface area contributed by atoms with Crippen molar-refractivity contribution in [2.45, 2.75) is 19.8 Å². The van der Waals surface area contributed by atoms with Crippen LogP contribution in [-0.4, -0.2) is 42.6 Å². The van der Waals surface area contributed by atoms with Crippen LogP contribution in [-0.2, 0) is 4.84 Å². The molecule has 0 spiro atoms. The molecule has 0 radical (unpaired) electrons. The number of nitrogens with zero attached hydrogens (tertiary/aromatic N) is 2. The zero-order valence-electron chi connectivity index (χ0n) is 11.2. The van der Waals surface area contributed by atoms with Gasteiger partial charge in [0.2, 0.25) is 0 Å². The zero-order chi connectivity index (χ0) is 14.6. The Labute approximate surface area is 110 Å². The van der Waals surface area contributed by atoms with E-state index < -0.39 is 18.4 Å². The quantitative estimate of drug-likeness (QED) is 0.771. The summed E-state index contributed by atoms with van der Waals surface area (Å²) in [7, 11) is 2.71. The third-order valence-electron chi connectivity index (χ3n) is 2.33. The van der Waals surface area contributed by atoms with Crippen LogP contribution in [0, 0.1) is 6.92 Å². The number of hydrogen-bond acceptors (Lipinski definition) is 4. The normalized spacial score (nSPS) is 11.3. The Balaban J connectivity index is 3.05. The number of hydrogen-bond donors (Lipinski definition) is 0. The highest BCUT2D eigenvalue weighted by molar-refractivity contribution is 5.94. The lowest BCUT2D eigenvalue weighted by Crippen LogP contribution is -2.28. The lowest BCUT2D eigenvalue weighted by atomic mass is 10.2. The maximum absolute atomic E-state index is 12.8. The molecule has 106 valence electrons. The van der Waals surface area contributed by atoms with Crippen LogP contribution in [0.15, 0.2) is 12.3 Å². The predicted molar refractivity (Wildman–Crippen MR) is 64.2 cm³/mol. The Morgan fingerprint density at radius 2 is 2.16 bits per heavy atom. The van der Waals surface area contributed by atoms with E-state index in [4.69, 9.17) is 9.57 Å². The fraction of sp³-hybridized carbons (Fsp3) is 0.500. The number of alkyl halides is 2. The van der Waals surface area contributed by atoms with Gasteiger partial charge in [-0.1, -0.05) is 0 Å². The molecule has 1 heterocycles. The summed E-state index contributed by atoms with van der Waals surface area (Å²) < 4.78 is 30.7. The van der Waals surface area contributed by atoms with Crippen molar-refractivity contribution in [3.05, 3.63) is 23.5 Å². The van der Waals surface area contributed by atoms with E-state index in [-0.39, 0.29) is 11.4 Å². The smallest absolute Gasteiger partial charge is 0.299 e. The lowest BCUT2D eigenvalue weighted by molar-refractivity contribution is -0.0765. The van der Waals surface area contributed by atoms with Crippen LogP contribution in [0.5, 0.6) is 5.75 Å². The molecule has 0 aliphatic heterocycles. The summed E-state index contributed by atoms with van der Waals surface area (Å²) in [4.78, 5) is 20.6. The van der Waals surface area contributed by atoms with Crippen molar-refractivity contribution >= 4 is 5.91 Å². The summed E-state index contributed by atoms with van der Waals surface area (Å²) in [6.45, 7) is 1.56. The molecule has 0 saturated heterocycles. The molecular formula is C12H16F2N2O3. The summed E-state index contributed by atoms with van der Waals surface area (Å²) in [5.41, 5.74) is 0.487. The van der Waals surface area contributed by atoms with E-state index in [9.17, 15) is 13.6 Å². The number of halogens is 2. The molecule has 0 aromatic carbocycles. The second-order valence-corrected chi connectivity index (χ2v) is 4.15. The minimum Gasteiger partial charge on any atom is -0.485 e. The van der Waals surface area contributed by atoms with Crippen LogP contribution in [0.3, 0.4) is 0 Å². The molecule has 0 saturated carbocycles. The minimum atomic E-state index is -2.99. The van der Waals surface area contributed by atoms with Crippen molar-refractivity contribution in [1.29, 1.82) is 0 Å². The van der Waals surface area contributed by atoms with Crippen LogP contribution in [0.2, 0.25) is 0 Å².